The molecule has 29 heavy (non-hydrogen) atoms. The third-order valence-electron chi connectivity index (χ3n) is 4.30. The van der Waals surface area contributed by atoms with Crippen molar-refractivity contribution < 1.29 is 22.7 Å². The van der Waals surface area contributed by atoms with E-state index >= 15 is 0 Å². The maximum Gasteiger partial charge on any atom is 0.237 e. The van der Waals surface area contributed by atoms with E-state index in [1.165, 1.54) is 23.9 Å². The highest BCUT2D eigenvalue weighted by Gasteiger charge is 2.25. The third kappa shape index (κ3) is 5.10. The van der Waals surface area contributed by atoms with Gasteiger partial charge in [0.05, 0.1) is 33.9 Å². The molecule has 3 rings (SSSR count). The van der Waals surface area contributed by atoms with Crippen LogP contribution in [-0.4, -0.2) is 37.8 Å². The van der Waals surface area contributed by atoms with E-state index < -0.39 is 15.7 Å². The molecule has 9 heteroatoms. The summed E-state index contributed by atoms with van der Waals surface area (Å²) < 4.78 is 30.8. The second kappa shape index (κ2) is 8.87. The molecular weight excluding hydrogens is 412 g/mol. The Labute approximate surface area is 174 Å². The van der Waals surface area contributed by atoms with Gasteiger partial charge in [0.1, 0.15) is 5.75 Å². The summed E-state index contributed by atoms with van der Waals surface area (Å²) in [5, 5.41) is 5.18. The first-order chi connectivity index (χ1) is 13.8. The predicted molar refractivity (Wildman–Crippen MR) is 113 cm³/mol. The van der Waals surface area contributed by atoms with Gasteiger partial charge in [-0.15, -0.1) is 11.8 Å². The topological polar surface area (TPSA) is 102 Å². The van der Waals surface area contributed by atoms with Crippen LogP contribution in [0.1, 0.15) is 20.3 Å². The number of rotatable bonds is 7. The monoisotopic (exact) mass is 434 g/mol. The highest BCUT2D eigenvalue weighted by atomic mass is 32.2. The van der Waals surface area contributed by atoms with Crippen LogP contribution in [0.15, 0.2) is 52.3 Å². The molecule has 0 spiro atoms. The lowest BCUT2D eigenvalue weighted by Crippen LogP contribution is -2.26. The molecule has 0 saturated carbocycles. The summed E-state index contributed by atoms with van der Waals surface area (Å²) >= 11 is 1.38. The molecular formula is C20H22N2O5S2. The zero-order valence-corrected chi connectivity index (χ0v) is 17.7. The number of sulfone groups is 1. The van der Waals surface area contributed by atoms with Crippen LogP contribution in [0.4, 0.5) is 11.4 Å². The average molecular weight is 435 g/mol. The maximum absolute atomic E-state index is 12.7. The van der Waals surface area contributed by atoms with Gasteiger partial charge in [0.15, 0.2) is 9.84 Å². The van der Waals surface area contributed by atoms with Crippen LogP contribution in [0.2, 0.25) is 0 Å². The number of amides is 2. The van der Waals surface area contributed by atoms with E-state index in [4.69, 9.17) is 4.74 Å². The number of anilines is 2. The van der Waals surface area contributed by atoms with Crippen molar-refractivity contribution in [1.82, 2.24) is 0 Å². The summed E-state index contributed by atoms with van der Waals surface area (Å²) in [5.74, 6) is -0.393. The number of carbonyl (C=O) groups is 2. The molecule has 1 unspecified atom stereocenters. The molecule has 1 atom stereocenters. The summed E-state index contributed by atoms with van der Waals surface area (Å²) in [6.45, 7) is 4.08. The zero-order chi connectivity index (χ0) is 21.0. The van der Waals surface area contributed by atoms with Gasteiger partial charge in [-0.2, -0.15) is 0 Å². The van der Waals surface area contributed by atoms with Crippen LogP contribution in [0.5, 0.6) is 5.75 Å². The predicted octanol–water partition coefficient (Wildman–Crippen LogP) is 3.32. The highest BCUT2D eigenvalue weighted by Crippen LogP contribution is 2.37. The SMILES string of the molecule is CCOc1ccccc1NC(=O)CCS(=O)(=O)c1ccc2c(c1)NC(=O)C(C)S2. The van der Waals surface area contributed by atoms with Gasteiger partial charge in [-0.25, -0.2) is 8.42 Å². The number of para-hydroxylation sites is 2. The number of carbonyl (C=O) groups excluding carboxylic acids is 2. The number of ether oxygens (including phenoxy) is 1. The molecule has 2 aromatic rings. The number of hydrogen-bond acceptors (Lipinski definition) is 6. The van der Waals surface area contributed by atoms with E-state index in [0.717, 1.165) is 4.90 Å². The maximum atomic E-state index is 12.7. The minimum atomic E-state index is -3.69. The second-order valence-corrected chi connectivity index (χ2v) is 9.95. The van der Waals surface area contributed by atoms with Crippen LogP contribution in [0, 0.1) is 0 Å². The van der Waals surface area contributed by atoms with Crippen molar-refractivity contribution >= 4 is 44.8 Å². The van der Waals surface area contributed by atoms with Crippen molar-refractivity contribution in [2.75, 3.05) is 23.0 Å². The fourth-order valence-electron chi connectivity index (χ4n) is 2.79. The summed E-state index contributed by atoms with van der Waals surface area (Å²) in [4.78, 5) is 25.0. The average Bonchev–Trinajstić information content (AvgIpc) is 2.69. The van der Waals surface area contributed by atoms with E-state index in [1.807, 2.05) is 6.92 Å². The van der Waals surface area contributed by atoms with Crippen molar-refractivity contribution in [3.05, 3.63) is 42.5 Å². The van der Waals surface area contributed by atoms with Gasteiger partial charge in [-0.1, -0.05) is 12.1 Å². The summed E-state index contributed by atoms with van der Waals surface area (Å²) in [6, 6.07) is 11.6. The quantitative estimate of drug-likeness (QED) is 0.693. The molecule has 0 radical (unpaired) electrons. The Bertz CT molecular complexity index is 1040. The van der Waals surface area contributed by atoms with Gasteiger partial charge in [-0.3, -0.25) is 9.59 Å². The largest absolute Gasteiger partial charge is 0.492 e. The number of hydrogen-bond donors (Lipinski definition) is 2. The molecule has 0 aliphatic carbocycles. The van der Waals surface area contributed by atoms with E-state index in [0.29, 0.717) is 23.7 Å². The van der Waals surface area contributed by atoms with Gasteiger partial charge < -0.3 is 15.4 Å². The number of benzene rings is 2. The van der Waals surface area contributed by atoms with E-state index in [-0.39, 0.29) is 28.2 Å². The van der Waals surface area contributed by atoms with Gasteiger partial charge in [0.25, 0.3) is 0 Å². The fraction of sp³-hybridized carbons (Fsp3) is 0.300. The number of thioether (sulfide) groups is 1. The van der Waals surface area contributed by atoms with Gasteiger partial charge >= 0.3 is 0 Å². The molecule has 1 heterocycles. The van der Waals surface area contributed by atoms with Crippen molar-refractivity contribution in [3.8, 4) is 5.75 Å². The van der Waals surface area contributed by atoms with Gasteiger partial charge in [0, 0.05) is 11.3 Å². The molecule has 0 aromatic heterocycles. The molecule has 2 N–H and O–H groups in total. The summed E-state index contributed by atoms with van der Waals surface area (Å²) in [7, 11) is -3.69. The van der Waals surface area contributed by atoms with Crippen LogP contribution in [-0.2, 0) is 19.4 Å². The normalized spacial score (nSPS) is 15.9. The Kier molecular flexibility index (Phi) is 6.49. The summed E-state index contributed by atoms with van der Waals surface area (Å²) in [6.07, 6.45) is -0.196. The van der Waals surface area contributed by atoms with Crippen molar-refractivity contribution in [2.24, 2.45) is 0 Å². The zero-order valence-electron chi connectivity index (χ0n) is 16.1. The van der Waals surface area contributed by atoms with Crippen molar-refractivity contribution in [1.29, 1.82) is 0 Å². The third-order valence-corrected chi connectivity index (χ3v) is 7.19. The molecule has 154 valence electrons. The molecule has 2 aromatic carbocycles. The van der Waals surface area contributed by atoms with Crippen molar-refractivity contribution in [3.63, 3.8) is 0 Å². The summed E-state index contributed by atoms with van der Waals surface area (Å²) in [5.41, 5.74) is 0.980. The number of fused-ring (bicyclic) bond motifs is 1. The first-order valence-corrected chi connectivity index (χ1v) is 11.7. The van der Waals surface area contributed by atoms with Crippen LogP contribution in [0.3, 0.4) is 0 Å². The molecule has 2 amide bonds. The Morgan fingerprint density at radius 3 is 2.76 bits per heavy atom. The minimum absolute atomic E-state index is 0.0780. The van der Waals surface area contributed by atoms with E-state index in [2.05, 4.69) is 10.6 Å². The fourth-order valence-corrected chi connectivity index (χ4v) is 4.98. The highest BCUT2D eigenvalue weighted by molar-refractivity contribution is 8.01. The lowest BCUT2D eigenvalue weighted by molar-refractivity contribution is -0.116. The Morgan fingerprint density at radius 1 is 1.24 bits per heavy atom. The molecule has 1 aliphatic rings. The van der Waals surface area contributed by atoms with E-state index in [1.54, 1.807) is 37.3 Å². The van der Waals surface area contributed by atoms with Crippen LogP contribution in [0.25, 0.3) is 0 Å². The Morgan fingerprint density at radius 2 is 2.00 bits per heavy atom. The lowest BCUT2D eigenvalue weighted by atomic mass is 10.3. The minimum Gasteiger partial charge on any atom is -0.492 e. The first kappa shape index (κ1) is 21.2. The van der Waals surface area contributed by atoms with Gasteiger partial charge in [-0.05, 0) is 44.2 Å². The molecule has 0 saturated heterocycles. The number of nitrogens with one attached hydrogen (secondary N) is 2. The molecule has 7 nitrogen and oxygen atoms in total. The van der Waals surface area contributed by atoms with Crippen LogP contribution >= 0.6 is 11.8 Å². The van der Waals surface area contributed by atoms with Crippen molar-refractivity contribution in [2.45, 2.75) is 35.3 Å². The standard InChI is InChI=1S/C20H22N2O5S2/c1-3-27-17-7-5-4-6-15(17)21-19(23)10-11-29(25,26)14-8-9-18-16(12-14)22-20(24)13(2)28-18/h4-9,12-13H,3,10-11H2,1-2H3,(H,21,23)(H,22,24). The smallest absolute Gasteiger partial charge is 0.237 e. The van der Waals surface area contributed by atoms with Gasteiger partial charge in [0.2, 0.25) is 11.8 Å². The molecule has 0 bridgehead atoms. The Balaban J connectivity index is 1.67. The lowest BCUT2D eigenvalue weighted by Gasteiger charge is -2.21. The molecule has 0 fully saturated rings. The Hall–Kier alpha value is -2.52. The second-order valence-electron chi connectivity index (χ2n) is 6.45. The van der Waals surface area contributed by atoms with E-state index in [9.17, 15) is 18.0 Å². The molecule has 1 aliphatic heterocycles. The van der Waals surface area contributed by atoms with Crippen LogP contribution < -0.4 is 15.4 Å². The first-order valence-electron chi connectivity index (χ1n) is 9.16.